The molecule has 0 saturated heterocycles. The minimum absolute atomic E-state index is 0.293. The van der Waals surface area contributed by atoms with E-state index in [-0.39, 0.29) is 11.7 Å². The second-order valence-electron chi connectivity index (χ2n) is 3.02. The SMILES string of the molecule is O=C(Nc1ccc(F)cc1)c1csc(=S)[nH]1. The molecule has 1 amide bonds. The number of halogens is 1. The van der Waals surface area contributed by atoms with Crippen LogP contribution in [0.15, 0.2) is 29.6 Å². The van der Waals surface area contributed by atoms with E-state index in [1.165, 1.54) is 35.6 Å². The monoisotopic (exact) mass is 254 g/mol. The molecule has 2 aromatic rings. The minimum atomic E-state index is -0.340. The van der Waals surface area contributed by atoms with E-state index in [0.29, 0.717) is 15.3 Å². The van der Waals surface area contributed by atoms with Gasteiger partial charge in [0, 0.05) is 11.1 Å². The van der Waals surface area contributed by atoms with E-state index < -0.39 is 0 Å². The molecule has 16 heavy (non-hydrogen) atoms. The van der Waals surface area contributed by atoms with Gasteiger partial charge in [0.2, 0.25) is 0 Å². The Kier molecular flexibility index (Phi) is 3.12. The third-order valence-corrected chi connectivity index (χ3v) is 2.93. The predicted molar refractivity (Wildman–Crippen MR) is 63.9 cm³/mol. The van der Waals surface area contributed by atoms with Gasteiger partial charge in [-0.15, -0.1) is 11.3 Å². The first-order valence-electron chi connectivity index (χ1n) is 4.40. The van der Waals surface area contributed by atoms with Crippen LogP contribution in [0, 0.1) is 9.77 Å². The van der Waals surface area contributed by atoms with Gasteiger partial charge in [0.05, 0.1) is 0 Å². The summed E-state index contributed by atoms with van der Waals surface area (Å²) in [5.41, 5.74) is 0.941. The summed E-state index contributed by atoms with van der Waals surface area (Å²) in [5, 5.41) is 4.26. The van der Waals surface area contributed by atoms with E-state index >= 15 is 0 Å². The summed E-state index contributed by atoms with van der Waals surface area (Å²) in [6.07, 6.45) is 0. The van der Waals surface area contributed by atoms with Crippen molar-refractivity contribution in [1.82, 2.24) is 4.98 Å². The lowest BCUT2D eigenvalue weighted by Gasteiger charge is -2.02. The number of aromatic amines is 1. The molecular weight excluding hydrogens is 247 g/mol. The summed E-state index contributed by atoms with van der Waals surface area (Å²) in [6.45, 7) is 0. The van der Waals surface area contributed by atoms with Gasteiger partial charge < -0.3 is 10.3 Å². The molecule has 0 fully saturated rings. The maximum absolute atomic E-state index is 12.6. The molecule has 0 saturated carbocycles. The van der Waals surface area contributed by atoms with Crippen molar-refractivity contribution in [2.45, 2.75) is 0 Å². The number of anilines is 1. The Morgan fingerprint density at radius 2 is 2.06 bits per heavy atom. The number of benzene rings is 1. The summed E-state index contributed by atoms with van der Waals surface area (Å²) in [5.74, 6) is -0.633. The van der Waals surface area contributed by atoms with Crippen molar-refractivity contribution < 1.29 is 9.18 Å². The largest absolute Gasteiger partial charge is 0.333 e. The van der Waals surface area contributed by atoms with E-state index in [1.807, 2.05) is 0 Å². The third kappa shape index (κ3) is 2.53. The van der Waals surface area contributed by atoms with Gasteiger partial charge >= 0.3 is 0 Å². The summed E-state index contributed by atoms with van der Waals surface area (Å²) in [4.78, 5) is 14.4. The molecule has 2 N–H and O–H groups in total. The molecule has 0 bridgehead atoms. The molecule has 3 nitrogen and oxygen atoms in total. The molecule has 0 unspecified atom stereocenters. The van der Waals surface area contributed by atoms with Crippen LogP contribution in [0.3, 0.4) is 0 Å². The van der Waals surface area contributed by atoms with Crippen LogP contribution in [0.25, 0.3) is 0 Å². The first kappa shape index (κ1) is 11.0. The Hall–Kier alpha value is -1.53. The Balaban J connectivity index is 2.13. The molecule has 0 radical (unpaired) electrons. The van der Waals surface area contributed by atoms with Crippen molar-refractivity contribution in [2.24, 2.45) is 0 Å². The van der Waals surface area contributed by atoms with Gasteiger partial charge in [0.25, 0.3) is 5.91 Å². The molecule has 0 spiro atoms. The number of nitrogens with one attached hydrogen (secondary N) is 2. The van der Waals surface area contributed by atoms with Gasteiger partial charge in [0.1, 0.15) is 11.5 Å². The summed E-state index contributed by atoms with van der Waals surface area (Å²) in [7, 11) is 0. The second kappa shape index (κ2) is 4.54. The standard InChI is InChI=1S/C10H7FN2OS2/c11-6-1-3-7(4-2-6)12-9(14)8-5-16-10(15)13-8/h1-5H,(H,12,14)(H,13,15). The van der Waals surface area contributed by atoms with Crippen molar-refractivity contribution >= 4 is 35.1 Å². The van der Waals surface area contributed by atoms with Crippen molar-refractivity contribution in [3.63, 3.8) is 0 Å². The fourth-order valence-corrected chi connectivity index (χ4v) is 1.94. The minimum Gasteiger partial charge on any atom is -0.333 e. The van der Waals surface area contributed by atoms with Crippen LogP contribution in [0.4, 0.5) is 10.1 Å². The molecule has 0 aliphatic heterocycles. The number of thiazole rings is 1. The van der Waals surface area contributed by atoms with Crippen molar-refractivity contribution in [1.29, 1.82) is 0 Å². The van der Waals surface area contributed by atoms with Gasteiger partial charge in [-0.05, 0) is 36.5 Å². The molecule has 0 aliphatic carbocycles. The van der Waals surface area contributed by atoms with E-state index in [1.54, 1.807) is 5.38 Å². The summed E-state index contributed by atoms with van der Waals surface area (Å²) in [6, 6.07) is 5.55. The first-order valence-corrected chi connectivity index (χ1v) is 5.69. The molecule has 0 atom stereocenters. The highest BCUT2D eigenvalue weighted by atomic mass is 32.1. The quantitative estimate of drug-likeness (QED) is 0.808. The van der Waals surface area contributed by atoms with Crippen LogP contribution in [-0.4, -0.2) is 10.9 Å². The topological polar surface area (TPSA) is 44.9 Å². The Morgan fingerprint density at radius 3 is 2.62 bits per heavy atom. The van der Waals surface area contributed by atoms with Gasteiger partial charge in [-0.1, -0.05) is 0 Å². The molecule has 0 aliphatic rings. The van der Waals surface area contributed by atoms with Crippen molar-refractivity contribution in [2.75, 3.05) is 5.32 Å². The highest BCUT2D eigenvalue weighted by Gasteiger charge is 2.07. The maximum atomic E-state index is 12.6. The molecule has 6 heteroatoms. The number of H-pyrrole nitrogens is 1. The highest BCUT2D eigenvalue weighted by molar-refractivity contribution is 7.73. The molecule has 2 rings (SSSR count). The van der Waals surface area contributed by atoms with Gasteiger partial charge in [-0.25, -0.2) is 4.39 Å². The zero-order valence-corrected chi connectivity index (χ0v) is 9.62. The van der Waals surface area contributed by atoms with E-state index in [4.69, 9.17) is 12.2 Å². The van der Waals surface area contributed by atoms with E-state index in [2.05, 4.69) is 10.3 Å². The number of carbonyl (C=O) groups excluding carboxylic acids is 1. The van der Waals surface area contributed by atoms with Crippen molar-refractivity contribution in [3.8, 4) is 0 Å². The zero-order valence-electron chi connectivity index (χ0n) is 7.99. The molecule has 82 valence electrons. The van der Waals surface area contributed by atoms with E-state index in [0.717, 1.165) is 0 Å². The average molecular weight is 254 g/mol. The van der Waals surface area contributed by atoms with Crippen LogP contribution < -0.4 is 5.32 Å². The summed E-state index contributed by atoms with van der Waals surface area (Å²) < 4.78 is 13.2. The molecular formula is C10H7FN2OS2. The molecule has 1 heterocycles. The van der Waals surface area contributed by atoms with Gasteiger partial charge in [0.15, 0.2) is 3.95 Å². The normalized spacial score (nSPS) is 10.1. The lowest BCUT2D eigenvalue weighted by atomic mass is 10.3. The maximum Gasteiger partial charge on any atom is 0.272 e. The Bertz CT molecular complexity index is 559. The van der Waals surface area contributed by atoms with Crippen LogP contribution >= 0.6 is 23.6 Å². The number of amides is 1. The fourth-order valence-electron chi connectivity index (χ4n) is 1.12. The van der Waals surface area contributed by atoms with Gasteiger partial charge in [-0.3, -0.25) is 4.79 Å². The smallest absolute Gasteiger partial charge is 0.272 e. The first-order chi connectivity index (χ1) is 7.65. The van der Waals surface area contributed by atoms with Crippen LogP contribution in [-0.2, 0) is 0 Å². The number of carbonyl (C=O) groups is 1. The average Bonchev–Trinajstić information content (AvgIpc) is 2.68. The van der Waals surface area contributed by atoms with Crippen LogP contribution in [0.1, 0.15) is 10.5 Å². The van der Waals surface area contributed by atoms with Crippen LogP contribution in [0.5, 0.6) is 0 Å². The molecule has 1 aromatic carbocycles. The predicted octanol–water partition coefficient (Wildman–Crippen LogP) is 3.20. The number of rotatable bonds is 2. The van der Waals surface area contributed by atoms with Gasteiger partial charge in [-0.2, -0.15) is 0 Å². The van der Waals surface area contributed by atoms with Crippen molar-refractivity contribution in [3.05, 3.63) is 45.1 Å². The Morgan fingerprint density at radius 1 is 1.38 bits per heavy atom. The second-order valence-corrected chi connectivity index (χ2v) is 4.57. The number of hydrogen-bond donors (Lipinski definition) is 2. The Labute approximate surface area is 99.9 Å². The van der Waals surface area contributed by atoms with Crippen LogP contribution in [0.2, 0.25) is 0 Å². The highest BCUT2D eigenvalue weighted by Crippen LogP contribution is 2.11. The number of aromatic nitrogens is 1. The fraction of sp³-hybridized carbons (Fsp3) is 0. The summed E-state index contributed by atoms with van der Waals surface area (Å²) >= 11 is 6.15. The lowest BCUT2D eigenvalue weighted by molar-refractivity contribution is 0.102. The van der Waals surface area contributed by atoms with E-state index in [9.17, 15) is 9.18 Å². The third-order valence-electron chi connectivity index (χ3n) is 1.87. The zero-order chi connectivity index (χ0) is 11.5. The number of hydrogen-bond acceptors (Lipinski definition) is 3. The molecule has 1 aromatic heterocycles. The lowest BCUT2D eigenvalue weighted by Crippen LogP contribution is -2.12.